The molecule has 82 heavy (non-hydrogen) atoms. The van der Waals surface area contributed by atoms with Crippen molar-refractivity contribution in [2.75, 3.05) is 25.6 Å². The van der Waals surface area contributed by atoms with E-state index < -0.39 is 39.3 Å². The number of rotatable bonds is 12. The first-order chi connectivity index (χ1) is 38.9. The average molecular weight is 1150 g/mol. The number of benzene rings is 4. The van der Waals surface area contributed by atoms with Gasteiger partial charge in [-0.15, -0.1) is 26.3 Å². The number of nitrogens with two attached hydrogens (primary N) is 1. The minimum absolute atomic E-state index is 0.133. The molecule has 0 fully saturated rings. The van der Waals surface area contributed by atoms with Crippen LogP contribution in [-0.4, -0.2) is 109 Å². The summed E-state index contributed by atoms with van der Waals surface area (Å²) in [5, 5.41) is 58.6. The number of imidazole rings is 3. The number of halogens is 6. The summed E-state index contributed by atoms with van der Waals surface area (Å²) in [6.45, 7) is 2.41. The van der Waals surface area contributed by atoms with Gasteiger partial charge in [0.2, 0.25) is 5.89 Å². The van der Waals surface area contributed by atoms with Crippen LogP contribution in [-0.2, 0) is 42.3 Å². The molecule has 4 aromatic heterocycles. The van der Waals surface area contributed by atoms with Gasteiger partial charge in [-0.05, 0) is 74.4 Å². The molecule has 0 saturated carbocycles. The highest BCUT2D eigenvalue weighted by Crippen LogP contribution is 2.32. The molecule has 0 bridgehead atoms. The van der Waals surface area contributed by atoms with E-state index in [1.807, 2.05) is 12.1 Å². The van der Waals surface area contributed by atoms with E-state index in [0.29, 0.717) is 43.0 Å². The van der Waals surface area contributed by atoms with E-state index in [0.717, 1.165) is 41.5 Å². The predicted octanol–water partition coefficient (Wildman–Crippen LogP) is 7.53. The number of phenolic OH excluding ortho intramolecular Hbond substituents is 1. The van der Waals surface area contributed by atoms with E-state index in [1.54, 1.807) is 41.0 Å². The number of oxazole rings is 1. The number of nitrogens with zero attached hydrogens (tertiary/aromatic N) is 11. The lowest BCUT2D eigenvalue weighted by atomic mass is 10.1. The number of nitro groups is 3. The van der Waals surface area contributed by atoms with Gasteiger partial charge in [-0.1, -0.05) is 24.3 Å². The molecule has 11 rings (SSSR count). The lowest BCUT2D eigenvalue weighted by molar-refractivity contribution is -0.389. The Morgan fingerprint density at radius 2 is 1.10 bits per heavy atom. The lowest BCUT2D eigenvalue weighted by Gasteiger charge is -2.22. The molecule has 7 heterocycles. The van der Waals surface area contributed by atoms with Gasteiger partial charge in [0.15, 0.2) is 5.58 Å². The van der Waals surface area contributed by atoms with Crippen LogP contribution in [0.5, 0.6) is 35.3 Å². The van der Waals surface area contributed by atoms with Gasteiger partial charge in [-0.3, -0.25) is 13.7 Å². The number of aromatic hydroxyl groups is 1. The molecular weight excluding hydrogens is 1110 g/mol. The summed E-state index contributed by atoms with van der Waals surface area (Å²) in [6, 6.07) is 23.5. The van der Waals surface area contributed by atoms with Gasteiger partial charge < -0.3 is 83.9 Å². The third-order valence-electron chi connectivity index (χ3n) is 11.2. The van der Waals surface area contributed by atoms with Crippen molar-refractivity contribution < 1.29 is 88.9 Å². The first-order valence-electron chi connectivity index (χ1n) is 23.5. The van der Waals surface area contributed by atoms with Crippen molar-refractivity contribution in [3.63, 3.8) is 0 Å². The molecule has 4 N–H and O–H groups in total. The second-order valence-corrected chi connectivity index (χ2v) is 17.3. The Hall–Kier alpha value is -10.3. The normalized spacial score (nSPS) is 16.0. The molecular formula is C48H40F6N12O16. The van der Waals surface area contributed by atoms with Gasteiger partial charge in [-0.25, -0.2) is 4.98 Å². The Kier molecular flexibility index (Phi) is 17.5. The Balaban J connectivity index is 0.000000157. The fourth-order valence-electron chi connectivity index (χ4n) is 7.49. The number of hydrogen-bond donors (Lipinski definition) is 3. The maximum Gasteiger partial charge on any atom is 0.573 e. The quantitative estimate of drug-likeness (QED) is 0.0349. The zero-order valence-corrected chi connectivity index (χ0v) is 41.6. The first kappa shape index (κ1) is 57.9. The lowest BCUT2D eigenvalue weighted by Crippen LogP contribution is -2.32. The summed E-state index contributed by atoms with van der Waals surface area (Å²) in [6.07, 6.45) is -6.79. The highest BCUT2D eigenvalue weighted by atomic mass is 19.4. The molecule has 0 amide bonds. The van der Waals surface area contributed by atoms with Crippen LogP contribution in [0.1, 0.15) is 16.7 Å². The molecule has 34 heteroatoms. The van der Waals surface area contributed by atoms with Crippen LogP contribution in [0.25, 0.3) is 22.6 Å². The number of phenols is 1. The summed E-state index contributed by atoms with van der Waals surface area (Å²) in [5.74, 6) is -1.64. The zero-order chi connectivity index (χ0) is 58.9. The molecule has 430 valence electrons. The van der Waals surface area contributed by atoms with Crippen LogP contribution in [0.15, 0.2) is 108 Å². The predicted molar refractivity (Wildman–Crippen MR) is 263 cm³/mol. The number of hydrogen-bond acceptors (Lipinski definition) is 22. The van der Waals surface area contributed by atoms with E-state index in [9.17, 15) is 56.7 Å². The van der Waals surface area contributed by atoms with Gasteiger partial charge in [0.1, 0.15) is 79.5 Å². The summed E-state index contributed by atoms with van der Waals surface area (Å²) < 4.78 is 117. The fraction of sp³-hybridized carbons (Fsp3) is 0.271. The fourth-order valence-corrected chi connectivity index (χ4v) is 7.49. The van der Waals surface area contributed by atoms with Gasteiger partial charge in [0.25, 0.3) is 0 Å². The van der Waals surface area contributed by atoms with E-state index in [2.05, 4.69) is 35.5 Å². The van der Waals surface area contributed by atoms with Crippen molar-refractivity contribution >= 4 is 34.2 Å². The van der Waals surface area contributed by atoms with Gasteiger partial charge >= 0.3 is 48.2 Å². The monoisotopic (exact) mass is 1150 g/mol. The van der Waals surface area contributed by atoms with Crippen LogP contribution < -0.4 is 29.4 Å². The Morgan fingerprint density at radius 1 is 0.646 bits per heavy atom. The smallest absolute Gasteiger partial charge is 0.506 e. The van der Waals surface area contributed by atoms with Crippen LogP contribution >= 0.6 is 0 Å². The molecule has 3 aliphatic heterocycles. The molecule has 3 atom stereocenters. The molecule has 0 aliphatic carbocycles. The average Bonchev–Trinajstić information content (AvgIpc) is 4.28. The Bertz CT molecular complexity index is 3600. The number of alkyl halides is 6. The van der Waals surface area contributed by atoms with Crippen molar-refractivity contribution in [3.05, 3.63) is 151 Å². The van der Waals surface area contributed by atoms with Crippen LogP contribution in [0, 0.1) is 41.7 Å². The Labute approximate surface area is 454 Å². The molecule has 0 spiro atoms. The number of ether oxygens (including phenoxy) is 7. The van der Waals surface area contributed by atoms with Crippen LogP contribution in [0.3, 0.4) is 0 Å². The molecule has 8 aromatic rings. The number of anilines is 1. The third kappa shape index (κ3) is 15.7. The van der Waals surface area contributed by atoms with Crippen LogP contribution in [0.2, 0.25) is 0 Å². The van der Waals surface area contributed by atoms with E-state index >= 15 is 0 Å². The zero-order valence-electron chi connectivity index (χ0n) is 41.6. The number of aliphatic hydroxyl groups excluding tert-OH is 1. The van der Waals surface area contributed by atoms with Crippen molar-refractivity contribution in [1.29, 1.82) is 5.26 Å². The number of fused-ring (bicyclic) bond motifs is 4. The number of aliphatic hydroxyl groups is 1. The highest BCUT2D eigenvalue weighted by molar-refractivity contribution is 5.77. The molecule has 4 aromatic carbocycles. The summed E-state index contributed by atoms with van der Waals surface area (Å²) in [5.41, 5.74) is 8.57. The van der Waals surface area contributed by atoms with Gasteiger partial charge in [0.05, 0.1) is 50.2 Å². The minimum atomic E-state index is -4.79. The summed E-state index contributed by atoms with van der Waals surface area (Å²) in [7, 11) is 0. The van der Waals surface area contributed by atoms with Crippen molar-refractivity contribution in [3.8, 4) is 52.8 Å². The molecule has 3 aliphatic rings. The standard InChI is InChI=1S/C21H15F3N4O6.C14H12N4O4.C7H6F3NO2.C6H7N3O4/c22-21(23,24)34-14-5-6-17-16(7-14)25-19(33-17)13-3-1-12(2-4-13)10-31-15-8-27-9-18(28(29)30)26-20(27)32-11-15;15-5-10-1-3-11(4-2-10)8-21-12-6-17-7-13(18(19)20)16-14(17)22-9-12;8-7(9,10)13-4-1-2-6(12)5(11)3-4;10-4-1-8-2-5(9(11)12)7-6(8)13-3-4/h1-7,9,15H,8,10-11H2;1-4,7,12H,6,8-9H2;1-3,12H,11H2;2,4,10H,1,3H2. The summed E-state index contributed by atoms with van der Waals surface area (Å²) in [4.78, 5) is 45.5. The molecule has 0 saturated heterocycles. The Morgan fingerprint density at radius 3 is 1.56 bits per heavy atom. The van der Waals surface area contributed by atoms with E-state index in [4.69, 9.17) is 49.3 Å². The highest BCUT2D eigenvalue weighted by Gasteiger charge is 2.33. The molecule has 0 radical (unpaired) electrons. The van der Waals surface area contributed by atoms with Crippen LogP contribution in [0.4, 0.5) is 49.5 Å². The minimum Gasteiger partial charge on any atom is -0.506 e. The van der Waals surface area contributed by atoms with Crippen molar-refractivity contribution in [1.82, 2.24) is 33.6 Å². The molecule has 3 unspecified atom stereocenters. The largest absolute Gasteiger partial charge is 0.573 e. The van der Waals surface area contributed by atoms with E-state index in [1.165, 1.54) is 33.8 Å². The topological polar surface area (TPSA) is 364 Å². The van der Waals surface area contributed by atoms with Gasteiger partial charge in [0, 0.05) is 32.6 Å². The van der Waals surface area contributed by atoms with Gasteiger partial charge in [-0.2, -0.15) is 5.26 Å². The SMILES string of the molecule is N#Cc1ccc(COC2COc3nc([N+](=O)[O-])cn3C2)cc1.Nc1cc(OC(F)(F)F)ccc1O.O=[N+]([O-])c1cn2c(n1)OCC(O)C2.O=[N+]([O-])c1cn2c(n1)OCC(OCc1ccc(-c3nc4cc(OC(F)(F)F)ccc4o3)cc1)C2. The second kappa shape index (κ2) is 24.8. The number of aromatic nitrogens is 7. The van der Waals surface area contributed by atoms with E-state index in [-0.39, 0.29) is 103 Å². The first-order valence-corrected chi connectivity index (χ1v) is 23.5. The number of nitrogen functional groups attached to an aromatic ring is 1. The maximum atomic E-state index is 12.4. The maximum absolute atomic E-state index is 12.4. The second-order valence-electron chi connectivity index (χ2n) is 17.3. The van der Waals surface area contributed by atoms with Crippen molar-refractivity contribution in [2.24, 2.45) is 0 Å². The third-order valence-corrected chi connectivity index (χ3v) is 11.2. The molecule has 28 nitrogen and oxygen atoms in total. The number of nitriles is 1. The summed E-state index contributed by atoms with van der Waals surface area (Å²) >= 11 is 0. The van der Waals surface area contributed by atoms with Crippen molar-refractivity contribution in [2.45, 2.75) is 63.9 Å².